The number of nitrogens with one attached hydrogen (secondary N) is 1. The van der Waals surface area contributed by atoms with Gasteiger partial charge in [-0.2, -0.15) is 5.10 Å². The Bertz CT molecular complexity index is 785. The van der Waals surface area contributed by atoms with E-state index >= 15 is 0 Å². The quantitative estimate of drug-likeness (QED) is 0.727. The van der Waals surface area contributed by atoms with Crippen LogP contribution < -0.4 is 4.74 Å². The molecule has 0 aliphatic heterocycles. The maximum absolute atomic E-state index is 12.1. The molecule has 1 N–H and O–H groups in total. The van der Waals surface area contributed by atoms with Crippen LogP contribution >= 0.6 is 0 Å². The van der Waals surface area contributed by atoms with Gasteiger partial charge in [-0.1, -0.05) is 12.1 Å². The van der Waals surface area contributed by atoms with Gasteiger partial charge >= 0.3 is 5.97 Å². The largest absolute Gasteiger partial charge is 0.497 e. The standard InChI is InChI=1S/C16H14N4O3/c1-22-14-6-7-17-13(8-14)9-23-16(21)12-4-2-11(3-5-12)15-18-10-19-20-15/h2-8,10H,9H2,1H3,(H,18,19,20). The van der Waals surface area contributed by atoms with Crippen LogP contribution in [0.25, 0.3) is 11.4 Å². The van der Waals surface area contributed by atoms with Gasteiger partial charge in [0, 0.05) is 17.8 Å². The molecular weight excluding hydrogens is 296 g/mol. The zero-order valence-electron chi connectivity index (χ0n) is 12.4. The Labute approximate surface area is 132 Å². The summed E-state index contributed by atoms with van der Waals surface area (Å²) in [5, 5.41) is 6.55. The van der Waals surface area contributed by atoms with Crippen LogP contribution in [0.15, 0.2) is 48.9 Å². The lowest BCUT2D eigenvalue weighted by atomic mass is 10.1. The molecule has 1 aromatic carbocycles. The van der Waals surface area contributed by atoms with Crippen LogP contribution in [-0.4, -0.2) is 33.2 Å². The molecule has 0 bridgehead atoms. The van der Waals surface area contributed by atoms with Gasteiger partial charge in [0.05, 0.1) is 18.4 Å². The van der Waals surface area contributed by atoms with Crippen LogP contribution in [0, 0.1) is 0 Å². The number of hydrogen-bond acceptors (Lipinski definition) is 6. The van der Waals surface area contributed by atoms with E-state index in [1.165, 1.54) is 6.33 Å². The first-order valence-electron chi connectivity index (χ1n) is 6.88. The molecule has 23 heavy (non-hydrogen) atoms. The predicted molar refractivity (Wildman–Crippen MR) is 81.7 cm³/mol. The summed E-state index contributed by atoms with van der Waals surface area (Å²) < 4.78 is 10.4. The minimum absolute atomic E-state index is 0.0832. The van der Waals surface area contributed by atoms with Gasteiger partial charge in [0.1, 0.15) is 18.7 Å². The van der Waals surface area contributed by atoms with Crippen LogP contribution in [0.5, 0.6) is 5.75 Å². The van der Waals surface area contributed by atoms with E-state index in [0.29, 0.717) is 22.8 Å². The third-order valence-electron chi connectivity index (χ3n) is 3.18. The first kappa shape index (κ1) is 14.7. The maximum atomic E-state index is 12.1. The summed E-state index contributed by atoms with van der Waals surface area (Å²) in [6.07, 6.45) is 3.03. The van der Waals surface area contributed by atoms with Crippen molar-refractivity contribution in [2.75, 3.05) is 7.11 Å². The van der Waals surface area contributed by atoms with Crippen LogP contribution in [0.2, 0.25) is 0 Å². The highest BCUT2D eigenvalue weighted by Gasteiger charge is 2.09. The highest BCUT2D eigenvalue weighted by atomic mass is 16.5. The molecule has 0 saturated carbocycles. The molecule has 116 valence electrons. The van der Waals surface area contributed by atoms with E-state index in [1.807, 2.05) is 0 Å². The van der Waals surface area contributed by atoms with E-state index in [0.717, 1.165) is 5.56 Å². The Balaban J connectivity index is 1.64. The first-order valence-corrected chi connectivity index (χ1v) is 6.88. The number of hydrogen-bond donors (Lipinski definition) is 1. The lowest BCUT2D eigenvalue weighted by molar-refractivity contribution is 0.0467. The van der Waals surface area contributed by atoms with Crippen molar-refractivity contribution in [3.05, 3.63) is 60.2 Å². The van der Waals surface area contributed by atoms with Gasteiger partial charge in [0.25, 0.3) is 0 Å². The molecule has 2 aromatic heterocycles. The van der Waals surface area contributed by atoms with Crippen molar-refractivity contribution in [2.45, 2.75) is 6.61 Å². The Morgan fingerprint density at radius 2 is 2.00 bits per heavy atom. The molecule has 0 atom stereocenters. The van der Waals surface area contributed by atoms with Crippen molar-refractivity contribution in [2.24, 2.45) is 0 Å². The molecule has 0 aliphatic carbocycles. The summed E-state index contributed by atoms with van der Waals surface area (Å²) >= 11 is 0. The van der Waals surface area contributed by atoms with Crippen LogP contribution in [0.1, 0.15) is 16.1 Å². The van der Waals surface area contributed by atoms with Gasteiger partial charge in [-0.25, -0.2) is 9.78 Å². The molecule has 7 nitrogen and oxygen atoms in total. The number of carbonyl (C=O) groups is 1. The van der Waals surface area contributed by atoms with E-state index in [4.69, 9.17) is 9.47 Å². The van der Waals surface area contributed by atoms with Crippen LogP contribution in [0.3, 0.4) is 0 Å². The van der Waals surface area contributed by atoms with E-state index in [1.54, 1.807) is 49.7 Å². The molecule has 0 unspecified atom stereocenters. The second-order valence-electron chi connectivity index (χ2n) is 4.67. The van der Waals surface area contributed by atoms with E-state index in [-0.39, 0.29) is 6.61 Å². The molecule has 0 fully saturated rings. The fourth-order valence-corrected chi connectivity index (χ4v) is 1.99. The summed E-state index contributed by atoms with van der Waals surface area (Å²) in [5.41, 5.74) is 1.92. The van der Waals surface area contributed by atoms with Gasteiger partial charge < -0.3 is 9.47 Å². The normalized spacial score (nSPS) is 10.3. The first-order chi connectivity index (χ1) is 11.3. The fraction of sp³-hybridized carbons (Fsp3) is 0.125. The monoisotopic (exact) mass is 310 g/mol. The summed E-state index contributed by atoms with van der Waals surface area (Å²) in [7, 11) is 1.57. The van der Waals surface area contributed by atoms with E-state index in [2.05, 4.69) is 20.2 Å². The van der Waals surface area contributed by atoms with Gasteiger partial charge in [-0.05, 0) is 18.2 Å². The average molecular weight is 310 g/mol. The summed E-state index contributed by atoms with van der Waals surface area (Å²) in [4.78, 5) is 20.2. The van der Waals surface area contributed by atoms with Crippen LogP contribution in [0.4, 0.5) is 0 Å². The number of nitrogens with zero attached hydrogens (tertiary/aromatic N) is 3. The molecule has 0 saturated heterocycles. The molecule has 7 heteroatoms. The van der Waals surface area contributed by atoms with E-state index < -0.39 is 5.97 Å². The average Bonchev–Trinajstić information content (AvgIpc) is 3.14. The highest BCUT2D eigenvalue weighted by molar-refractivity contribution is 5.89. The topological polar surface area (TPSA) is 90.0 Å². The van der Waals surface area contributed by atoms with Gasteiger partial charge in [0.2, 0.25) is 0 Å². The van der Waals surface area contributed by atoms with E-state index in [9.17, 15) is 4.79 Å². The van der Waals surface area contributed by atoms with Crippen molar-refractivity contribution < 1.29 is 14.3 Å². The number of ether oxygens (including phenoxy) is 2. The summed E-state index contributed by atoms with van der Waals surface area (Å²) in [6, 6.07) is 10.4. The number of aromatic amines is 1. The number of esters is 1. The molecule has 2 heterocycles. The van der Waals surface area contributed by atoms with Gasteiger partial charge in [-0.3, -0.25) is 10.1 Å². The third kappa shape index (κ3) is 3.52. The second kappa shape index (κ2) is 6.69. The molecular formula is C16H14N4O3. The Morgan fingerprint density at radius 3 is 2.70 bits per heavy atom. The maximum Gasteiger partial charge on any atom is 0.338 e. The van der Waals surface area contributed by atoms with Crippen molar-refractivity contribution in [1.29, 1.82) is 0 Å². The minimum Gasteiger partial charge on any atom is -0.497 e. The molecule has 3 rings (SSSR count). The number of pyridine rings is 1. The summed E-state index contributed by atoms with van der Waals surface area (Å²) in [5.74, 6) is 0.895. The molecule has 3 aromatic rings. The smallest absolute Gasteiger partial charge is 0.338 e. The molecule has 0 aliphatic rings. The van der Waals surface area contributed by atoms with Gasteiger partial charge in [-0.15, -0.1) is 0 Å². The number of aromatic nitrogens is 4. The van der Waals surface area contributed by atoms with Crippen molar-refractivity contribution in [1.82, 2.24) is 20.2 Å². The minimum atomic E-state index is -0.418. The van der Waals surface area contributed by atoms with Crippen LogP contribution in [-0.2, 0) is 11.3 Å². The Kier molecular flexibility index (Phi) is 4.28. The third-order valence-corrected chi connectivity index (χ3v) is 3.18. The van der Waals surface area contributed by atoms with Crippen molar-refractivity contribution in [3.63, 3.8) is 0 Å². The second-order valence-corrected chi connectivity index (χ2v) is 4.67. The zero-order valence-corrected chi connectivity index (χ0v) is 12.4. The molecule has 0 amide bonds. The zero-order chi connectivity index (χ0) is 16.1. The van der Waals surface area contributed by atoms with Crippen molar-refractivity contribution >= 4 is 5.97 Å². The lowest BCUT2D eigenvalue weighted by Gasteiger charge is -2.06. The highest BCUT2D eigenvalue weighted by Crippen LogP contribution is 2.16. The fourth-order valence-electron chi connectivity index (χ4n) is 1.99. The number of rotatable bonds is 5. The SMILES string of the molecule is COc1ccnc(COC(=O)c2ccc(-c3ncn[nH]3)cc2)c1. The lowest BCUT2D eigenvalue weighted by Crippen LogP contribution is -2.06. The predicted octanol–water partition coefficient (Wildman–Crippen LogP) is 2.23. The Morgan fingerprint density at radius 1 is 1.17 bits per heavy atom. The number of benzene rings is 1. The molecule has 0 spiro atoms. The number of carbonyl (C=O) groups excluding carboxylic acids is 1. The molecule has 0 radical (unpaired) electrons. The number of methoxy groups -OCH3 is 1. The number of H-pyrrole nitrogens is 1. The van der Waals surface area contributed by atoms with Crippen molar-refractivity contribution in [3.8, 4) is 17.1 Å². The summed E-state index contributed by atoms with van der Waals surface area (Å²) in [6.45, 7) is 0.0832. The Hall–Kier alpha value is -3.22. The van der Waals surface area contributed by atoms with Gasteiger partial charge in [0.15, 0.2) is 5.82 Å².